The van der Waals surface area contributed by atoms with E-state index in [0.717, 1.165) is 0 Å². The van der Waals surface area contributed by atoms with Crippen molar-refractivity contribution in [1.29, 1.82) is 0 Å². The lowest BCUT2D eigenvalue weighted by atomic mass is 9.91. The van der Waals surface area contributed by atoms with Gasteiger partial charge in [0.1, 0.15) is 5.54 Å². The summed E-state index contributed by atoms with van der Waals surface area (Å²) in [5.74, 6) is 1.60. The number of rotatable bonds is 2. The molecule has 0 atom stereocenters. The quantitative estimate of drug-likeness (QED) is 0.830. The van der Waals surface area contributed by atoms with E-state index in [0.29, 0.717) is 43.6 Å². The van der Waals surface area contributed by atoms with Gasteiger partial charge in [-0.2, -0.15) is 4.98 Å². The Labute approximate surface area is 104 Å². The SMILES string of the molecule is Cn1ccnc1-c1noc(C2(N)CCOCC2)n1. The van der Waals surface area contributed by atoms with Crippen LogP contribution in [0.15, 0.2) is 16.9 Å². The van der Waals surface area contributed by atoms with Gasteiger partial charge in [0.15, 0.2) is 5.82 Å². The van der Waals surface area contributed by atoms with Crippen LogP contribution in [0.2, 0.25) is 0 Å². The van der Waals surface area contributed by atoms with Gasteiger partial charge < -0.3 is 19.6 Å². The molecule has 0 aliphatic carbocycles. The lowest BCUT2D eigenvalue weighted by Gasteiger charge is -2.29. The monoisotopic (exact) mass is 249 g/mol. The maximum atomic E-state index is 6.28. The first-order chi connectivity index (χ1) is 8.69. The molecule has 1 fully saturated rings. The van der Waals surface area contributed by atoms with Crippen molar-refractivity contribution in [3.05, 3.63) is 18.3 Å². The highest BCUT2D eigenvalue weighted by Gasteiger charge is 2.36. The van der Waals surface area contributed by atoms with Crippen molar-refractivity contribution in [1.82, 2.24) is 19.7 Å². The number of nitrogens with two attached hydrogens (primary N) is 1. The van der Waals surface area contributed by atoms with Crippen molar-refractivity contribution in [2.45, 2.75) is 18.4 Å². The van der Waals surface area contributed by atoms with E-state index >= 15 is 0 Å². The van der Waals surface area contributed by atoms with E-state index < -0.39 is 5.54 Å². The zero-order valence-corrected chi connectivity index (χ0v) is 10.2. The van der Waals surface area contributed by atoms with Gasteiger partial charge in [0.05, 0.1) is 0 Å². The van der Waals surface area contributed by atoms with Crippen LogP contribution in [0, 0.1) is 0 Å². The fourth-order valence-electron chi connectivity index (χ4n) is 2.05. The van der Waals surface area contributed by atoms with Crippen molar-refractivity contribution in [2.24, 2.45) is 12.8 Å². The first-order valence-corrected chi connectivity index (χ1v) is 5.87. The molecule has 0 spiro atoms. The summed E-state index contributed by atoms with van der Waals surface area (Å²) in [5.41, 5.74) is 5.71. The van der Waals surface area contributed by atoms with Gasteiger partial charge in [-0.15, -0.1) is 0 Å². The van der Waals surface area contributed by atoms with Gasteiger partial charge in [0.25, 0.3) is 0 Å². The van der Waals surface area contributed by atoms with Crippen LogP contribution in [0.4, 0.5) is 0 Å². The van der Waals surface area contributed by atoms with Crippen LogP contribution in [-0.2, 0) is 17.3 Å². The van der Waals surface area contributed by atoms with Crippen LogP contribution < -0.4 is 5.73 Å². The molecule has 0 unspecified atom stereocenters. The number of hydrogen-bond acceptors (Lipinski definition) is 6. The van der Waals surface area contributed by atoms with Crippen molar-refractivity contribution >= 4 is 0 Å². The highest BCUT2D eigenvalue weighted by atomic mass is 16.5. The lowest BCUT2D eigenvalue weighted by molar-refractivity contribution is 0.0400. The molecule has 2 aromatic rings. The standard InChI is InChI=1S/C11H15N5O2/c1-16-5-4-13-9(16)8-14-10(18-15-8)11(12)2-6-17-7-3-11/h4-5H,2-3,6-7,12H2,1H3. The van der Waals surface area contributed by atoms with E-state index in [1.54, 1.807) is 6.20 Å². The number of ether oxygens (including phenoxy) is 1. The first kappa shape index (κ1) is 11.4. The zero-order chi connectivity index (χ0) is 12.6. The van der Waals surface area contributed by atoms with Gasteiger partial charge in [0.2, 0.25) is 11.7 Å². The fourth-order valence-corrected chi connectivity index (χ4v) is 2.05. The van der Waals surface area contributed by atoms with Crippen LogP contribution in [0.25, 0.3) is 11.6 Å². The van der Waals surface area contributed by atoms with Crippen LogP contribution in [0.3, 0.4) is 0 Å². The van der Waals surface area contributed by atoms with Gasteiger partial charge in [0, 0.05) is 32.7 Å². The molecule has 0 radical (unpaired) electrons. The molecule has 96 valence electrons. The Morgan fingerprint density at radius 1 is 1.39 bits per heavy atom. The summed E-state index contributed by atoms with van der Waals surface area (Å²) < 4.78 is 12.4. The van der Waals surface area contributed by atoms with Crippen LogP contribution in [-0.4, -0.2) is 32.9 Å². The minimum Gasteiger partial charge on any atom is -0.381 e. The van der Waals surface area contributed by atoms with E-state index in [1.165, 1.54) is 0 Å². The van der Waals surface area contributed by atoms with E-state index in [4.69, 9.17) is 15.0 Å². The maximum absolute atomic E-state index is 6.28. The van der Waals surface area contributed by atoms with E-state index in [1.807, 2.05) is 17.8 Å². The third-order valence-corrected chi connectivity index (χ3v) is 3.26. The van der Waals surface area contributed by atoms with E-state index in [2.05, 4.69) is 15.1 Å². The molecule has 7 heteroatoms. The molecular weight excluding hydrogens is 234 g/mol. The van der Waals surface area contributed by atoms with Crippen molar-refractivity contribution in [3.8, 4) is 11.6 Å². The molecule has 1 saturated heterocycles. The average Bonchev–Trinajstić information content (AvgIpc) is 2.98. The second-order valence-corrected chi connectivity index (χ2v) is 4.55. The van der Waals surface area contributed by atoms with Crippen LogP contribution >= 0.6 is 0 Å². The molecule has 3 heterocycles. The topological polar surface area (TPSA) is 92.0 Å². The molecule has 18 heavy (non-hydrogen) atoms. The predicted molar refractivity (Wildman–Crippen MR) is 62.4 cm³/mol. The van der Waals surface area contributed by atoms with Crippen LogP contribution in [0.1, 0.15) is 18.7 Å². The molecule has 2 aromatic heterocycles. The molecule has 1 aliphatic heterocycles. The summed E-state index contributed by atoms with van der Waals surface area (Å²) in [5, 5.41) is 3.95. The zero-order valence-electron chi connectivity index (χ0n) is 10.2. The van der Waals surface area contributed by atoms with Gasteiger partial charge in [-0.1, -0.05) is 5.16 Å². The van der Waals surface area contributed by atoms with Gasteiger partial charge >= 0.3 is 0 Å². The minimum atomic E-state index is -0.575. The molecule has 3 rings (SSSR count). The molecule has 0 amide bonds. The summed E-state index contributed by atoms with van der Waals surface area (Å²) >= 11 is 0. The second-order valence-electron chi connectivity index (χ2n) is 4.55. The average molecular weight is 249 g/mol. The highest BCUT2D eigenvalue weighted by Crippen LogP contribution is 2.29. The largest absolute Gasteiger partial charge is 0.381 e. The Morgan fingerprint density at radius 2 is 2.17 bits per heavy atom. The van der Waals surface area contributed by atoms with E-state index in [-0.39, 0.29) is 0 Å². The Morgan fingerprint density at radius 3 is 2.83 bits per heavy atom. The third-order valence-electron chi connectivity index (χ3n) is 3.26. The number of aryl methyl sites for hydroxylation is 1. The Hall–Kier alpha value is -1.73. The lowest BCUT2D eigenvalue weighted by Crippen LogP contribution is -2.42. The number of aromatic nitrogens is 4. The molecule has 0 aromatic carbocycles. The summed E-state index contributed by atoms with van der Waals surface area (Å²) in [7, 11) is 1.88. The highest BCUT2D eigenvalue weighted by molar-refractivity contribution is 5.42. The van der Waals surface area contributed by atoms with Gasteiger partial charge in [-0.3, -0.25) is 0 Å². The Kier molecular flexibility index (Phi) is 2.64. The molecular formula is C11H15N5O2. The van der Waals surface area contributed by atoms with Crippen molar-refractivity contribution < 1.29 is 9.26 Å². The summed E-state index contributed by atoms with van der Waals surface area (Å²) in [4.78, 5) is 8.55. The normalized spacial score (nSPS) is 19.0. The third kappa shape index (κ3) is 1.81. The van der Waals surface area contributed by atoms with Crippen molar-refractivity contribution in [2.75, 3.05) is 13.2 Å². The van der Waals surface area contributed by atoms with Crippen molar-refractivity contribution in [3.63, 3.8) is 0 Å². The Balaban J connectivity index is 1.92. The number of imidazole rings is 1. The number of hydrogen-bond donors (Lipinski definition) is 1. The van der Waals surface area contributed by atoms with Crippen LogP contribution in [0.5, 0.6) is 0 Å². The molecule has 0 saturated carbocycles. The molecule has 7 nitrogen and oxygen atoms in total. The summed E-state index contributed by atoms with van der Waals surface area (Å²) in [6.07, 6.45) is 4.90. The second kappa shape index (κ2) is 4.18. The number of nitrogens with zero attached hydrogens (tertiary/aromatic N) is 4. The molecule has 1 aliphatic rings. The maximum Gasteiger partial charge on any atom is 0.247 e. The van der Waals surface area contributed by atoms with E-state index in [9.17, 15) is 0 Å². The summed E-state index contributed by atoms with van der Waals surface area (Å²) in [6, 6.07) is 0. The smallest absolute Gasteiger partial charge is 0.247 e. The molecule has 0 bridgehead atoms. The molecule has 2 N–H and O–H groups in total. The van der Waals surface area contributed by atoms with Gasteiger partial charge in [-0.05, 0) is 12.8 Å². The van der Waals surface area contributed by atoms with Gasteiger partial charge in [-0.25, -0.2) is 4.98 Å². The fraction of sp³-hybridized carbons (Fsp3) is 0.545. The first-order valence-electron chi connectivity index (χ1n) is 5.87. The summed E-state index contributed by atoms with van der Waals surface area (Å²) in [6.45, 7) is 1.24. The Bertz CT molecular complexity index is 541. The predicted octanol–water partition coefficient (Wildman–Crippen LogP) is 0.434. The minimum absolute atomic E-state index is 0.462.